The first-order chi connectivity index (χ1) is 30.0. The van der Waals surface area contributed by atoms with Gasteiger partial charge >= 0.3 is 0 Å². The molecule has 0 aliphatic carbocycles. The lowest BCUT2D eigenvalue weighted by atomic mass is 9.86. The summed E-state index contributed by atoms with van der Waals surface area (Å²) in [4.78, 5) is 6.10. The molecule has 3 nitrogen and oxygen atoms in total. The summed E-state index contributed by atoms with van der Waals surface area (Å²) in [5.74, 6) is 0.954. The number of hydrogen-bond acceptors (Lipinski definition) is 3. The minimum Gasteiger partial charge on any atom is -0.310 e. The van der Waals surface area contributed by atoms with E-state index in [2.05, 4.69) is 233 Å². The third kappa shape index (κ3) is 6.15. The maximum Gasteiger partial charge on any atom is 0.109 e. The van der Waals surface area contributed by atoms with Gasteiger partial charge in [-0.25, -0.2) is 0 Å². The van der Waals surface area contributed by atoms with Crippen LogP contribution in [0.25, 0.3) is 58.3 Å². The number of rotatable bonds is 8. The lowest BCUT2D eigenvalue weighted by Crippen LogP contribution is -2.10. The Bertz CT molecular complexity index is 3420. The van der Waals surface area contributed by atoms with Gasteiger partial charge in [0, 0.05) is 65.8 Å². The number of hydrogen-bond donors (Lipinski definition) is 0. The van der Waals surface area contributed by atoms with Gasteiger partial charge in [-0.15, -0.1) is 11.3 Å². The molecule has 62 heavy (non-hydrogen) atoms. The number of fused-ring (bicyclic) bond motifs is 10. The first kappa shape index (κ1) is 38.3. The molecule has 8 aromatic carbocycles. The normalized spacial score (nSPS) is 12.4. The Morgan fingerprint density at radius 3 is 1.55 bits per heavy atom. The van der Waals surface area contributed by atoms with Crippen molar-refractivity contribution in [2.45, 2.75) is 65.7 Å². The zero-order chi connectivity index (χ0) is 42.4. The summed E-state index contributed by atoms with van der Waals surface area (Å²) in [5, 5.41) is 9.13. The summed E-state index contributed by atoms with van der Waals surface area (Å²) in [5.41, 5.74) is 13.5. The fourth-order valence-corrected chi connectivity index (χ4v) is 10.9. The lowest BCUT2D eigenvalue weighted by molar-refractivity contribution is 0.591. The van der Waals surface area contributed by atoms with Crippen LogP contribution in [-0.2, 0) is 5.41 Å². The van der Waals surface area contributed by atoms with Gasteiger partial charge in [0.05, 0.1) is 11.0 Å². The Kier molecular flexibility index (Phi) is 8.96. The number of thiophene rings is 1. The summed E-state index contributed by atoms with van der Waals surface area (Å²) >= 11 is 1.91. The molecular formula is C58H51N3S. The average Bonchev–Trinajstić information content (AvgIpc) is 3.93. The molecule has 0 unspecified atom stereocenters. The molecule has 0 N–H and O–H groups in total. The molecule has 0 atom stereocenters. The molecule has 0 amide bonds. The molecule has 4 heteroatoms. The van der Waals surface area contributed by atoms with Crippen molar-refractivity contribution in [3.05, 3.63) is 187 Å². The molecule has 3 aromatic heterocycles. The molecule has 0 saturated heterocycles. The molecule has 0 fully saturated rings. The summed E-state index contributed by atoms with van der Waals surface area (Å²) in [6.45, 7) is 16.0. The van der Waals surface area contributed by atoms with Gasteiger partial charge in [-0.05, 0) is 136 Å². The third-order valence-corrected chi connectivity index (χ3v) is 14.1. The number of aromatic nitrogens is 1. The Hall–Kier alpha value is -6.62. The largest absolute Gasteiger partial charge is 0.310 e. The van der Waals surface area contributed by atoms with Gasteiger partial charge in [0.25, 0.3) is 0 Å². The van der Waals surface area contributed by atoms with Crippen LogP contribution in [0.1, 0.15) is 77.0 Å². The van der Waals surface area contributed by atoms with Crippen LogP contribution < -0.4 is 9.80 Å². The van der Waals surface area contributed by atoms with Crippen molar-refractivity contribution < 1.29 is 0 Å². The quantitative estimate of drug-likeness (QED) is 0.151. The van der Waals surface area contributed by atoms with Crippen molar-refractivity contribution in [3.8, 4) is 0 Å². The van der Waals surface area contributed by atoms with Gasteiger partial charge in [-0.3, -0.25) is 4.40 Å². The highest BCUT2D eigenvalue weighted by molar-refractivity contribution is 7.25. The first-order valence-electron chi connectivity index (χ1n) is 22.1. The van der Waals surface area contributed by atoms with Crippen LogP contribution in [0, 0.1) is 0 Å². The Balaban J connectivity index is 1.15. The standard InChI is InChI=1S/C58H51N3S/c1-36(2)38-18-24-44(25-19-38)59(42-14-10-8-11-15-42)46-28-22-40-32-51-55-48-30-29-47(60(43-16-12-9-13-17-43)45-26-20-39(21-27-45)37(3)4)35-53(48)62-57(55)61-52-31-23-41(58(5,6)7)33-50(52)54(56(51)61)49(40)34-46/h8-37H,1-7H3. The molecule has 0 spiro atoms. The van der Waals surface area contributed by atoms with Crippen molar-refractivity contribution in [3.63, 3.8) is 0 Å². The van der Waals surface area contributed by atoms with Crippen molar-refractivity contribution >= 4 is 104 Å². The fourth-order valence-electron chi connectivity index (χ4n) is 9.63. The molecule has 0 aliphatic heterocycles. The number of benzene rings is 8. The van der Waals surface area contributed by atoms with Gasteiger partial charge in [0.1, 0.15) is 4.83 Å². The molecule has 304 valence electrons. The summed E-state index contributed by atoms with van der Waals surface area (Å²) < 4.78 is 3.87. The van der Waals surface area contributed by atoms with E-state index in [1.54, 1.807) is 0 Å². The third-order valence-electron chi connectivity index (χ3n) is 13.0. The first-order valence-corrected chi connectivity index (χ1v) is 22.9. The lowest BCUT2D eigenvalue weighted by Gasteiger charge is -2.26. The van der Waals surface area contributed by atoms with Crippen molar-refractivity contribution in [2.24, 2.45) is 0 Å². The van der Waals surface area contributed by atoms with Crippen LogP contribution >= 0.6 is 11.3 Å². The minimum atomic E-state index is 0.0104. The predicted molar refractivity (Wildman–Crippen MR) is 270 cm³/mol. The van der Waals surface area contributed by atoms with E-state index < -0.39 is 0 Å². The van der Waals surface area contributed by atoms with E-state index in [0.29, 0.717) is 11.8 Å². The average molecular weight is 822 g/mol. The maximum absolute atomic E-state index is 2.58. The minimum absolute atomic E-state index is 0.0104. The molecule has 11 rings (SSSR count). The Labute approximate surface area is 368 Å². The summed E-state index contributed by atoms with van der Waals surface area (Å²) in [7, 11) is 0. The topological polar surface area (TPSA) is 10.9 Å². The van der Waals surface area contributed by atoms with Crippen LogP contribution in [0.2, 0.25) is 0 Å². The molecular weight excluding hydrogens is 771 g/mol. The second-order valence-corrected chi connectivity index (χ2v) is 19.7. The van der Waals surface area contributed by atoms with Gasteiger partial charge in [-0.1, -0.05) is 127 Å². The van der Waals surface area contributed by atoms with Crippen LogP contribution in [0.3, 0.4) is 0 Å². The molecule has 0 radical (unpaired) electrons. The smallest absolute Gasteiger partial charge is 0.109 e. The second-order valence-electron chi connectivity index (χ2n) is 18.7. The highest BCUT2D eigenvalue weighted by Crippen LogP contribution is 2.50. The summed E-state index contributed by atoms with van der Waals surface area (Å²) in [6, 6.07) is 63.6. The van der Waals surface area contributed by atoms with E-state index in [9.17, 15) is 0 Å². The zero-order valence-electron chi connectivity index (χ0n) is 36.6. The van der Waals surface area contributed by atoms with Gasteiger partial charge in [0.15, 0.2) is 0 Å². The van der Waals surface area contributed by atoms with E-state index in [1.165, 1.54) is 75.0 Å². The monoisotopic (exact) mass is 821 g/mol. The predicted octanol–water partition coefficient (Wildman–Crippen LogP) is 17.7. The van der Waals surface area contributed by atoms with Crippen LogP contribution in [0.5, 0.6) is 0 Å². The van der Waals surface area contributed by atoms with Crippen molar-refractivity contribution in [2.75, 3.05) is 9.80 Å². The highest BCUT2D eigenvalue weighted by atomic mass is 32.1. The van der Waals surface area contributed by atoms with Crippen LogP contribution in [0.4, 0.5) is 34.1 Å². The molecule has 0 aliphatic rings. The second kappa shape index (κ2) is 14.5. The van der Waals surface area contributed by atoms with Crippen molar-refractivity contribution in [1.29, 1.82) is 0 Å². The highest BCUT2D eigenvalue weighted by Gasteiger charge is 2.26. The van der Waals surface area contributed by atoms with E-state index in [-0.39, 0.29) is 5.41 Å². The van der Waals surface area contributed by atoms with Gasteiger partial charge in [-0.2, -0.15) is 0 Å². The van der Waals surface area contributed by atoms with Gasteiger partial charge < -0.3 is 9.80 Å². The number of nitrogens with zero attached hydrogens (tertiary/aromatic N) is 3. The van der Waals surface area contributed by atoms with E-state index in [4.69, 9.17) is 0 Å². The van der Waals surface area contributed by atoms with E-state index in [0.717, 1.165) is 34.1 Å². The van der Waals surface area contributed by atoms with Crippen LogP contribution in [-0.4, -0.2) is 4.40 Å². The van der Waals surface area contributed by atoms with Crippen LogP contribution in [0.15, 0.2) is 170 Å². The van der Waals surface area contributed by atoms with E-state index in [1.807, 2.05) is 11.3 Å². The number of anilines is 6. The molecule has 11 aromatic rings. The molecule has 3 heterocycles. The SMILES string of the molecule is CC(C)c1ccc(N(c2ccccc2)c2ccc3c(c2)sc2c3c3cc4ccc(N(c5ccccc5)c5ccc(C(C)C)cc5)cc4c4c5cc(C(C)(C)C)ccc5n2c34)cc1. The van der Waals surface area contributed by atoms with E-state index >= 15 is 0 Å². The number of para-hydroxylation sites is 2. The zero-order valence-corrected chi connectivity index (χ0v) is 37.4. The Morgan fingerprint density at radius 2 is 0.984 bits per heavy atom. The fraction of sp³-hybridized carbons (Fsp3) is 0.172. The van der Waals surface area contributed by atoms with Crippen molar-refractivity contribution in [1.82, 2.24) is 4.40 Å². The molecule has 0 saturated carbocycles. The summed E-state index contributed by atoms with van der Waals surface area (Å²) in [6.07, 6.45) is 0. The molecule has 0 bridgehead atoms. The Morgan fingerprint density at radius 1 is 0.452 bits per heavy atom. The van der Waals surface area contributed by atoms with Gasteiger partial charge in [0.2, 0.25) is 0 Å². The maximum atomic E-state index is 2.58.